The first kappa shape index (κ1) is 17.8. The third-order valence-electron chi connectivity index (χ3n) is 4.00. The van der Waals surface area contributed by atoms with Crippen molar-refractivity contribution in [2.45, 2.75) is 45.1 Å². The van der Waals surface area contributed by atoms with Crippen LogP contribution in [-0.2, 0) is 20.0 Å². The fourth-order valence-corrected chi connectivity index (χ4v) is 4.48. The molecule has 1 amide bonds. The quantitative estimate of drug-likeness (QED) is 0.862. The maximum Gasteiger partial charge on any atom is 0.222 e. The van der Waals surface area contributed by atoms with Gasteiger partial charge in [-0.3, -0.25) is 4.79 Å². The average Bonchev–Trinajstić information content (AvgIpc) is 2.77. The summed E-state index contributed by atoms with van der Waals surface area (Å²) in [5, 5.41) is 6.12. The monoisotopic (exact) mass is 338 g/mol. The Bertz CT molecular complexity index is 663. The molecule has 0 aromatic heterocycles. The Kier molecular flexibility index (Phi) is 5.34. The first-order chi connectivity index (χ1) is 10.7. The summed E-state index contributed by atoms with van der Waals surface area (Å²) < 4.78 is 22.8. The summed E-state index contributed by atoms with van der Waals surface area (Å²) in [5.41, 5.74) is 2.28. The zero-order chi connectivity index (χ0) is 17.1. The van der Waals surface area contributed by atoms with Crippen LogP contribution in [0, 0.1) is 0 Å². The van der Waals surface area contributed by atoms with Crippen molar-refractivity contribution in [2.24, 2.45) is 0 Å². The van der Waals surface area contributed by atoms with E-state index in [4.69, 9.17) is 0 Å². The molecule has 0 bridgehead atoms. The summed E-state index contributed by atoms with van der Waals surface area (Å²) in [5.74, 6) is 0.140. The van der Waals surface area contributed by atoms with Crippen LogP contribution < -0.4 is 10.6 Å². The summed E-state index contributed by atoms with van der Waals surface area (Å²) in [6.07, 6.45) is 0.851. The first-order valence-electron chi connectivity index (χ1n) is 8.00. The lowest BCUT2D eigenvalue weighted by Crippen LogP contribution is -2.36. The number of rotatable bonds is 5. The van der Waals surface area contributed by atoms with E-state index in [9.17, 15) is 13.2 Å². The SMILES string of the molecule is CC(C)(C)c1ccccc1NCCC(=O)NC1CCS(=O)(=O)C1. The fourth-order valence-electron chi connectivity index (χ4n) is 2.81. The van der Waals surface area contributed by atoms with Crippen molar-refractivity contribution in [3.63, 3.8) is 0 Å². The lowest BCUT2D eigenvalue weighted by molar-refractivity contribution is -0.121. The van der Waals surface area contributed by atoms with Crippen LogP contribution in [-0.4, -0.2) is 38.4 Å². The van der Waals surface area contributed by atoms with Gasteiger partial charge in [-0.15, -0.1) is 0 Å². The van der Waals surface area contributed by atoms with E-state index in [1.54, 1.807) is 0 Å². The molecule has 2 N–H and O–H groups in total. The molecule has 1 unspecified atom stereocenters. The molecule has 1 aliphatic rings. The van der Waals surface area contributed by atoms with E-state index in [-0.39, 0.29) is 28.9 Å². The molecule has 1 atom stereocenters. The molecule has 0 saturated carbocycles. The van der Waals surface area contributed by atoms with Crippen molar-refractivity contribution < 1.29 is 13.2 Å². The minimum atomic E-state index is -2.96. The number of hydrogen-bond donors (Lipinski definition) is 2. The Morgan fingerprint density at radius 3 is 2.57 bits per heavy atom. The Morgan fingerprint density at radius 1 is 1.26 bits per heavy atom. The zero-order valence-electron chi connectivity index (χ0n) is 14.1. The lowest BCUT2D eigenvalue weighted by Gasteiger charge is -2.23. The molecule has 1 saturated heterocycles. The molecule has 0 spiro atoms. The highest BCUT2D eigenvalue weighted by Gasteiger charge is 2.28. The maximum atomic E-state index is 11.9. The van der Waals surface area contributed by atoms with E-state index < -0.39 is 9.84 Å². The summed E-state index contributed by atoms with van der Waals surface area (Å²) in [7, 11) is -2.96. The van der Waals surface area contributed by atoms with Crippen LogP contribution >= 0.6 is 0 Å². The van der Waals surface area contributed by atoms with Gasteiger partial charge in [-0.1, -0.05) is 39.0 Å². The van der Waals surface area contributed by atoms with Gasteiger partial charge in [0.2, 0.25) is 5.91 Å². The molecule has 2 rings (SSSR count). The van der Waals surface area contributed by atoms with E-state index in [1.807, 2.05) is 18.2 Å². The van der Waals surface area contributed by atoms with Crippen molar-refractivity contribution in [1.29, 1.82) is 0 Å². The van der Waals surface area contributed by atoms with E-state index in [0.29, 0.717) is 19.4 Å². The van der Waals surface area contributed by atoms with E-state index >= 15 is 0 Å². The molecule has 1 aromatic rings. The van der Waals surface area contributed by atoms with Gasteiger partial charge in [0, 0.05) is 24.7 Å². The number of sulfone groups is 1. The Labute approximate surface area is 138 Å². The third-order valence-corrected chi connectivity index (χ3v) is 5.77. The summed E-state index contributed by atoms with van der Waals surface area (Å²) in [4.78, 5) is 11.9. The van der Waals surface area contributed by atoms with Crippen molar-refractivity contribution >= 4 is 21.4 Å². The predicted molar refractivity (Wildman–Crippen MR) is 93.5 cm³/mol. The first-order valence-corrected chi connectivity index (χ1v) is 9.83. The van der Waals surface area contributed by atoms with Crippen LogP contribution in [0.15, 0.2) is 24.3 Å². The van der Waals surface area contributed by atoms with Crippen molar-refractivity contribution in [2.75, 3.05) is 23.4 Å². The van der Waals surface area contributed by atoms with Gasteiger partial charge in [0.25, 0.3) is 0 Å². The molecule has 1 heterocycles. The highest BCUT2D eigenvalue weighted by Crippen LogP contribution is 2.29. The average molecular weight is 338 g/mol. The van der Waals surface area contributed by atoms with Gasteiger partial charge in [0.1, 0.15) is 0 Å². The number of hydrogen-bond acceptors (Lipinski definition) is 4. The van der Waals surface area contributed by atoms with Crippen LogP contribution in [0.5, 0.6) is 0 Å². The van der Waals surface area contributed by atoms with Gasteiger partial charge in [0.05, 0.1) is 11.5 Å². The van der Waals surface area contributed by atoms with Gasteiger partial charge in [-0.25, -0.2) is 8.42 Å². The molecule has 6 heteroatoms. The fraction of sp³-hybridized carbons (Fsp3) is 0.588. The second kappa shape index (κ2) is 6.91. The Hall–Kier alpha value is -1.56. The summed E-state index contributed by atoms with van der Waals surface area (Å²) in [6.45, 7) is 6.99. The summed E-state index contributed by atoms with van der Waals surface area (Å²) in [6, 6.07) is 7.86. The number of para-hydroxylation sites is 1. The zero-order valence-corrected chi connectivity index (χ0v) is 14.9. The molecule has 0 radical (unpaired) electrons. The maximum absolute atomic E-state index is 11.9. The second-order valence-electron chi connectivity index (χ2n) is 7.14. The summed E-state index contributed by atoms with van der Waals surface area (Å²) >= 11 is 0. The standard InChI is InChI=1S/C17H26N2O3S/c1-17(2,3)14-6-4-5-7-15(14)18-10-8-16(20)19-13-9-11-23(21,22)12-13/h4-7,13,18H,8-12H2,1-3H3,(H,19,20). The minimum absolute atomic E-state index is 0.0318. The number of benzene rings is 1. The smallest absolute Gasteiger partial charge is 0.222 e. The molecule has 1 fully saturated rings. The molecule has 1 aliphatic heterocycles. The predicted octanol–water partition coefficient (Wildman–Crippen LogP) is 2.09. The van der Waals surface area contributed by atoms with Crippen LogP contribution in [0.3, 0.4) is 0 Å². The van der Waals surface area contributed by atoms with Gasteiger partial charge >= 0.3 is 0 Å². The molecule has 5 nitrogen and oxygen atoms in total. The Balaban J connectivity index is 1.83. The van der Waals surface area contributed by atoms with E-state index in [1.165, 1.54) is 5.56 Å². The van der Waals surface area contributed by atoms with Crippen LogP contribution in [0.2, 0.25) is 0 Å². The van der Waals surface area contributed by atoms with E-state index in [2.05, 4.69) is 37.5 Å². The van der Waals surface area contributed by atoms with Crippen molar-refractivity contribution in [1.82, 2.24) is 5.32 Å². The van der Waals surface area contributed by atoms with E-state index in [0.717, 1.165) is 5.69 Å². The van der Waals surface area contributed by atoms with Gasteiger partial charge in [0.15, 0.2) is 9.84 Å². The van der Waals surface area contributed by atoms with Gasteiger partial charge < -0.3 is 10.6 Å². The lowest BCUT2D eigenvalue weighted by atomic mass is 9.86. The van der Waals surface area contributed by atoms with Gasteiger partial charge in [-0.2, -0.15) is 0 Å². The normalized spacial score (nSPS) is 20.2. The highest BCUT2D eigenvalue weighted by atomic mass is 32.2. The third kappa shape index (κ3) is 5.23. The van der Waals surface area contributed by atoms with Crippen LogP contribution in [0.4, 0.5) is 5.69 Å². The minimum Gasteiger partial charge on any atom is -0.384 e. The molecular weight excluding hydrogens is 312 g/mol. The van der Waals surface area contributed by atoms with Crippen LogP contribution in [0.1, 0.15) is 39.2 Å². The molecule has 0 aliphatic carbocycles. The largest absolute Gasteiger partial charge is 0.384 e. The number of amides is 1. The molecule has 1 aromatic carbocycles. The molecule has 23 heavy (non-hydrogen) atoms. The van der Waals surface area contributed by atoms with Gasteiger partial charge in [-0.05, 0) is 23.5 Å². The topological polar surface area (TPSA) is 75.3 Å². The number of carbonyl (C=O) groups is 1. The molecular formula is C17H26N2O3S. The van der Waals surface area contributed by atoms with Crippen LogP contribution in [0.25, 0.3) is 0 Å². The Morgan fingerprint density at radius 2 is 1.96 bits per heavy atom. The van der Waals surface area contributed by atoms with Crippen molar-refractivity contribution in [3.05, 3.63) is 29.8 Å². The highest BCUT2D eigenvalue weighted by molar-refractivity contribution is 7.91. The number of carbonyl (C=O) groups excluding carboxylic acids is 1. The second-order valence-corrected chi connectivity index (χ2v) is 9.37. The molecule has 128 valence electrons. The number of nitrogens with one attached hydrogen (secondary N) is 2. The van der Waals surface area contributed by atoms with Crippen molar-refractivity contribution in [3.8, 4) is 0 Å². The number of anilines is 1.